The zero-order valence-corrected chi connectivity index (χ0v) is 20.5. The van der Waals surface area contributed by atoms with Crippen LogP contribution in [0.25, 0.3) is 22.2 Å². The van der Waals surface area contributed by atoms with Crippen LogP contribution in [-0.2, 0) is 16.0 Å². The lowest BCUT2D eigenvalue weighted by Gasteiger charge is -2.37. The maximum atomic E-state index is 13.1. The number of nitrogens with one attached hydrogen (secondary N) is 2. The van der Waals surface area contributed by atoms with Crippen molar-refractivity contribution in [3.63, 3.8) is 0 Å². The number of hydrogen-bond acceptors (Lipinski definition) is 4. The number of piperazine rings is 1. The van der Waals surface area contributed by atoms with Crippen LogP contribution in [0.4, 0.5) is 0 Å². The Kier molecular flexibility index (Phi) is 6.77. The maximum Gasteiger partial charge on any atom is 0.237 e. The molecule has 7 nitrogen and oxygen atoms in total. The van der Waals surface area contributed by atoms with Crippen LogP contribution in [0.15, 0.2) is 48.5 Å². The van der Waals surface area contributed by atoms with Gasteiger partial charge in [0.1, 0.15) is 5.75 Å². The molecule has 1 saturated carbocycles. The van der Waals surface area contributed by atoms with Crippen molar-refractivity contribution in [2.45, 2.75) is 44.7 Å². The van der Waals surface area contributed by atoms with Gasteiger partial charge in [-0.1, -0.05) is 18.2 Å². The minimum atomic E-state index is -0.147. The summed E-state index contributed by atoms with van der Waals surface area (Å²) in [6.07, 6.45) is 3.32. The number of hydrogen-bond donors (Lipinski definition) is 2. The number of methoxy groups -OCH3 is 1. The molecule has 0 bridgehead atoms. The number of rotatable bonds is 8. The lowest BCUT2D eigenvalue weighted by Crippen LogP contribution is -2.55. The third kappa shape index (κ3) is 5.20. The number of fused-ring (bicyclic) bond motifs is 1. The van der Waals surface area contributed by atoms with E-state index in [0.29, 0.717) is 32.0 Å². The summed E-state index contributed by atoms with van der Waals surface area (Å²) in [4.78, 5) is 33.2. The van der Waals surface area contributed by atoms with Crippen molar-refractivity contribution in [3.8, 4) is 17.0 Å². The molecule has 184 valence electrons. The molecule has 1 aliphatic carbocycles. The van der Waals surface area contributed by atoms with E-state index in [4.69, 9.17) is 4.74 Å². The average molecular weight is 475 g/mol. The second-order valence-corrected chi connectivity index (χ2v) is 9.63. The molecular formula is C28H34N4O3. The number of carbonyl (C=O) groups excluding carboxylic acids is 2. The van der Waals surface area contributed by atoms with E-state index in [-0.39, 0.29) is 17.9 Å². The number of amides is 2. The topological polar surface area (TPSA) is 77.7 Å². The summed E-state index contributed by atoms with van der Waals surface area (Å²) in [6.45, 7) is 4.76. The Morgan fingerprint density at radius 3 is 2.46 bits per heavy atom. The van der Waals surface area contributed by atoms with E-state index in [2.05, 4.69) is 39.5 Å². The second-order valence-electron chi connectivity index (χ2n) is 9.63. The molecule has 2 amide bonds. The van der Waals surface area contributed by atoms with E-state index in [1.807, 2.05) is 36.1 Å². The molecule has 0 radical (unpaired) electrons. The predicted octanol–water partition coefficient (Wildman–Crippen LogP) is 3.59. The molecule has 1 aliphatic heterocycles. The number of nitrogens with zero attached hydrogens (tertiary/aromatic N) is 2. The molecule has 1 atom stereocenters. The second kappa shape index (κ2) is 10.1. The van der Waals surface area contributed by atoms with Gasteiger partial charge in [0.05, 0.1) is 13.2 Å². The number of carbonyl (C=O) groups is 2. The smallest absolute Gasteiger partial charge is 0.237 e. The summed E-state index contributed by atoms with van der Waals surface area (Å²) in [7, 11) is 1.67. The lowest BCUT2D eigenvalue weighted by molar-refractivity contribution is -0.134. The first-order valence-corrected chi connectivity index (χ1v) is 12.6. The van der Waals surface area contributed by atoms with Crippen molar-refractivity contribution in [2.24, 2.45) is 0 Å². The summed E-state index contributed by atoms with van der Waals surface area (Å²) in [5, 5.41) is 4.25. The molecule has 35 heavy (non-hydrogen) atoms. The SMILES string of the molecule is COc1ccc(-c2[nH]c3ccccc3c2CCC(=O)N2CCN(C(C)C(=O)NC3CC3)CC2)cc1. The van der Waals surface area contributed by atoms with Gasteiger partial charge >= 0.3 is 0 Å². The Balaban J connectivity index is 1.23. The molecule has 2 fully saturated rings. The summed E-state index contributed by atoms with van der Waals surface area (Å²) in [6, 6.07) is 16.5. The fourth-order valence-electron chi connectivity index (χ4n) is 4.93. The Labute approximate surface area is 206 Å². The Morgan fingerprint density at radius 2 is 1.77 bits per heavy atom. The number of aromatic nitrogens is 1. The highest BCUT2D eigenvalue weighted by Crippen LogP contribution is 2.32. The highest BCUT2D eigenvalue weighted by atomic mass is 16.5. The van der Waals surface area contributed by atoms with Crippen molar-refractivity contribution >= 4 is 22.7 Å². The largest absolute Gasteiger partial charge is 0.497 e. The van der Waals surface area contributed by atoms with Crippen LogP contribution < -0.4 is 10.1 Å². The van der Waals surface area contributed by atoms with Gasteiger partial charge in [0, 0.05) is 55.2 Å². The van der Waals surface area contributed by atoms with Crippen molar-refractivity contribution < 1.29 is 14.3 Å². The third-order valence-corrected chi connectivity index (χ3v) is 7.30. The molecular weight excluding hydrogens is 440 g/mol. The molecule has 1 aromatic heterocycles. The Morgan fingerprint density at radius 1 is 1.06 bits per heavy atom. The fraction of sp³-hybridized carbons (Fsp3) is 0.429. The van der Waals surface area contributed by atoms with Crippen LogP contribution in [0.5, 0.6) is 5.75 Å². The predicted molar refractivity (Wildman–Crippen MR) is 137 cm³/mol. The molecule has 2 aliphatic rings. The van der Waals surface area contributed by atoms with Crippen molar-refractivity contribution in [3.05, 3.63) is 54.1 Å². The van der Waals surface area contributed by atoms with Crippen LogP contribution >= 0.6 is 0 Å². The van der Waals surface area contributed by atoms with Gasteiger partial charge in [0.2, 0.25) is 11.8 Å². The number of aromatic amines is 1. The molecule has 3 aromatic rings. The quantitative estimate of drug-likeness (QED) is 0.523. The molecule has 5 rings (SSSR count). The molecule has 7 heteroatoms. The van der Waals surface area contributed by atoms with Crippen molar-refractivity contribution in [1.29, 1.82) is 0 Å². The Hall–Kier alpha value is -3.32. The maximum absolute atomic E-state index is 13.1. The minimum absolute atomic E-state index is 0.109. The first-order chi connectivity index (χ1) is 17.0. The van der Waals surface area contributed by atoms with E-state index in [1.165, 1.54) is 5.56 Å². The summed E-state index contributed by atoms with van der Waals surface area (Å²) >= 11 is 0. The lowest BCUT2D eigenvalue weighted by atomic mass is 10.0. The number of H-pyrrole nitrogens is 1. The fourth-order valence-corrected chi connectivity index (χ4v) is 4.93. The molecule has 1 unspecified atom stereocenters. The van der Waals surface area contributed by atoms with Crippen molar-refractivity contribution in [1.82, 2.24) is 20.1 Å². The highest BCUT2D eigenvalue weighted by molar-refractivity contribution is 5.91. The molecule has 1 saturated heterocycles. The molecule has 2 N–H and O–H groups in total. The number of benzene rings is 2. The van der Waals surface area contributed by atoms with E-state index in [1.54, 1.807) is 7.11 Å². The molecule has 0 spiro atoms. The minimum Gasteiger partial charge on any atom is -0.497 e. The zero-order valence-electron chi connectivity index (χ0n) is 20.5. The van der Waals surface area contributed by atoms with Crippen LogP contribution in [-0.4, -0.2) is 72.0 Å². The first kappa shape index (κ1) is 23.4. The summed E-state index contributed by atoms with van der Waals surface area (Å²) in [5.41, 5.74) is 4.38. The first-order valence-electron chi connectivity index (χ1n) is 12.6. The van der Waals surface area contributed by atoms with E-state index in [0.717, 1.165) is 53.8 Å². The van der Waals surface area contributed by atoms with Gasteiger partial charge in [-0.25, -0.2) is 0 Å². The average Bonchev–Trinajstić information content (AvgIpc) is 3.64. The van der Waals surface area contributed by atoms with Crippen LogP contribution in [0, 0.1) is 0 Å². The van der Waals surface area contributed by atoms with Gasteiger partial charge in [0.25, 0.3) is 0 Å². The molecule has 2 aromatic carbocycles. The van der Waals surface area contributed by atoms with Gasteiger partial charge in [-0.2, -0.15) is 0 Å². The monoisotopic (exact) mass is 474 g/mol. The highest BCUT2D eigenvalue weighted by Gasteiger charge is 2.31. The summed E-state index contributed by atoms with van der Waals surface area (Å²) in [5.74, 6) is 1.10. The normalized spacial score (nSPS) is 17.4. The van der Waals surface area contributed by atoms with Gasteiger partial charge in [-0.15, -0.1) is 0 Å². The van der Waals surface area contributed by atoms with E-state index < -0.39 is 0 Å². The Bertz CT molecular complexity index is 1190. The van der Waals surface area contributed by atoms with E-state index in [9.17, 15) is 9.59 Å². The van der Waals surface area contributed by atoms with Crippen LogP contribution in [0.2, 0.25) is 0 Å². The van der Waals surface area contributed by atoms with Crippen LogP contribution in [0.1, 0.15) is 31.7 Å². The van der Waals surface area contributed by atoms with Gasteiger partial charge < -0.3 is 19.9 Å². The van der Waals surface area contributed by atoms with E-state index >= 15 is 0 Å². The zero-order chi connectivity index (χ0) is 24.4. The number of aryl methyl sites for hydroxylation is 1. The molecule has 2 heterocycles. The number of ether oxygens (including phenoxy) is 1. The number of para-hydroxylation sites is 1. The summed E-state index contributed by atoms with van der Waals surface area (Å²) < 4.78 is 5.31. The van der Waals surface area contributed by atoms with Gasteiger partial charge in [-0.3, -0.25) is 14.5 Å². The van der Waals surface area contributed by atoms with Gasteiger partial charge in [-0.05, 0) is 67.6 Å². The van der Waals surface area contributed by atoms with Crippen LogP contribution in [0.3, 0.4) is 0 Å². The third-order valence-electron chi connectivity index (χ3n) is 7.30. The van der Waals surface area contributed by atoms with Gasteiger partial charge in [0.15, 0.2) is 0 Å². The standard InChI is InChI=1S/C28H34N4O3/c1-19(28(34)29-21-9-10-21)31-15-17-32(18-16-31)26(33)14-13-24-23-5-3-4-6-25(23)30-27(24)20-7-11-22(35-2)12-8-20/h3-8,11-12,19,21,30H,9-10,13-18H2,1-2H3,(H,29,34). The van der Waals surface area contributed by atoms with Crippen molar-refractivity contribution in [2.75, 3.05) is 33.3 Å².